The van der Waals surface area contributed by atoms with Gasteiger partial charge in [0.25, 0.3) is 11.8 Å². The molecule has 2 N–H and O–H groups in total. The molecule has 0 aliphatic carbocycles. The van der Waals surface area contributed by atoms with Gasteiger partial charge < -0.3 is 10.3 Å². The zero-order valence-corrected chi connectivity index (χ0v) is 14.2. The van der Waals surface area contributed by atoms with Gasteiger partial charge in [-0.1, -0.05) is 12.1 Å². The Morgan fingerprint density at radius 1 is 1.12 bits per heavy atom. The van der Waals surface area contributed by atoms with Crippen molar-refractivity contribution in [2.75, 3.05) is 11.9 Å². The average molecular weight is 369 g/mol. The van der Waals surface area contributed by atoms with E-state index in [1.54, 1.807) is 42.5 Å². The van der Waals surface area contributed by atoms with Crippen molar-refractivity contribution in [2.45, 2.75) is 6.42 Å². The highest BCUT2D eigenvalue weighted by Gasteiger charge is 2.34. The van der Waals surface area contributed by atoms with E-state index < -0.39 is 0 Å². The standard InChI is InChI=1S/C18H13ClN4O3/c19-18-21-13-6-5-10(9-14(13)22-18)20-15(24)7-8-23-16(25)11-3-1-2-4-12(11)17(23)26/h1-6,9H,7-8H2,(H,20,24)(H,21,22). The second-order valence-electron chi connectivity index (χ2n) is 5.87. The Balaban J connectivity index is 1.41. The van der Waals surface area contributed by atoms with Crippen LogP contribution >= 0.6 is 11.6 Å². The van der Waals surface area contributed by atoms with Crippen LogP contribution in [0.3, 0.4) is 0 Å². The molecule has 2 heterocycles. The first-order chi connectivity index (χ1) is 12.5. The number of nitrogens with one attached hydrogen (secondary N) is 2. The van der Waals surface area contributed by atoms with E-state index in [4.69, 9.17) is 11.6 Å². The van der Waals surface area contributed by atoms with Gasteiger partial charge in [-0.25, -0.2) is 4.98 Å². The molecule has 0 unspecified atom stereocenters. The molecule has 0 saturated heterocycles. The summed E-state index contributed by atoms with van der Waals surface area (Å²) in [6.07, 6.45) is 0.00718. The Bertz CT molecular complexity index is 1020. The number of rotatable bonds is 4. The van der Waals surface area contributed by atoms with Crippen LogP contribution in [0.25, 0.3) is 11.0 Å². The molecule has 7 nitrogen and oxygen atoms in total. The number of aromatic nitrogens is 2. The van der Waals surface area contributed by atoms with Crippen LogP contribution in [0, 0.1) is 0 Å². The maximum atomic E-state index is 12.3. The smallest absolute Gasteiger partial charge is 0.261 e. The molecule has 8 heteroatoms. The Labute approximate surface area is 153 Å². The predicted molar refractivity (Wildman–Crippen MR) is 96.2 cm³/mol. The number of fused-ring (bicyclic) bond motifs is 2. The molecule has 1 aliphatic heterocycles. The van der Waals surface area contributed by atoms with Crippen molar-refractivity contribution < 1.29 is 14.4 Å². The van der Waals surface area contributed by atoms with Crippen LogP contribution in [-0.4, -0.2) is 39.1 Å². The molecule has 0 bridgehead atoms. The number of amides is 3. The molecule has 3 aromatic rings. The van der Waals surface area contributed by atoms with Gasteiger partial charge in [0.1, 0.15) is 0 Å². The topological polar surface area (TPSA) is 95.2 Å². The van der Waals surface area contributed by atoms with Crippen LogP contribution in [-0.2, 0) is 4.79 Å². The van der Waals surface area contributed by atoms with E-state index in [0.717, 1.165) is 4.90 Å². The number of imidazole rings is 1. The van der Waals surface area contributed by atoms with Crippen molar-refractivity contribution in [3.05, 3.63) is 58.9 Å². The molecular formula is C18H13ClN4O3. The molecule has 0 fully saturated rings. The molecule has 2 aromatic carbocycles. The predicted octanol–water partition coefficient (Wildman–Crippen LogP) is 2.84. The van der Waals surface area contributed by atoms with Gasteiger partial charge in [0, 0.05) is 18.7 Å². The second-order valence-corrected chi connectivity index (χ2v) is 6.22. The van der Waals surface area contributed by atoms with Gasteiger partial charge in [-0.2, -0.15) is 0 Å². The lowest BCUT2D eigenvalue weighted by molar-refractivity contribution is -0.116. The van der Waals surface area contributed by atoms with Crippen molar-refractivity contribution in [1.29, 1.82) is 0 Å². The summed E-state index contributed by atoms with van der Waals surface area (Å²) in [7, 11) is 0. The van der Waals surface area contributed by atoms with E-state index >= 15 is 0 Å². The number of nitrogens with zero attached hydrogens (tertiary/aromatic N) is 2. The highest BCUT2D eigenvalue weighted by molar-refractivity contribution is 6.29. The summed E-state index contributed by atoms with van der Waals surface area (Å²) in [6, 6.07) is 11.8. The first kappa shape index (κ1) is 16.3. The third-order valence-corrected chi connectivity index (χ3v) is 4.36. The number of anilines is 1. The van der Waals surface area contributed by atoms with Crippen LogP contribution in [0.1, 0.15) is 27.1 Å². The van der Waals surface area contributed by atoms with E-state index in [1.165, 1.54) is 0 Å². The lowest BCUT2D eigenvalue weighted by atomic mass is 10.1. The van der Waals surface area contributed by atoms with Gasteiger partial charge in [-0.05, 0) is 41.9 Å². The zero-order chi connectivity index (χ0) is 18.3. The summed E-state index contributed by atoms with van der Waals surface area (Å²) in [5.41, 5.74) is 2.72. The van der Waals surface area contributed by atoms with Gasteiger partial charge >= 0.3 is 0 Å². The maximum Gasteiger partial charge on any atom is 0.261 e. The first-order valence-corrected chi connectivity index (χ1v) is 8.31. The van der Waals surface area contributed by atoms with Crippen LogP contribution in [0.2, 0.25) is 5.28 Å². The maximum absolute atomic E-state index is 12.3. The van der Waals surface area contributed by atoms with Gasteiger partial charge in [-0.15, -0.1) is 0 Å². The van der Waals surface area contributed by atoms with E-state index in [2.05, 4.69) is 15.3 Å². The van der Waals surface area contributed by atoms with Crippen molar-refractivity contribution in [3.63, 3.8) is 0 Å². The third kappa shape index (κ3) is 2.82. The first-order valence-electron chi connectivity index (χ1n) is 7.93. The van der Waals surface area contributed by atoms with Gasteiger partial charge in [-0.3, -0.25) is 19.3 Å². The fourth-order valence-electron chi connectivity index (χ4n) is 2.94. The van der Waals surface area contributed by atoms with Crippen molar-refractivity contribution in [3.8, 4) is 0 Å². The summed E-state index contributed by atoms with van der Waals surface area (Å²) in [6.45, 7) is 0.0241. The van der Waals surface area contributed by atoms with E-state index in [1.807, 2.05) is 0 Å². The third-order valence-electron chi connectivity index (χ3n) is 4.18. The molecule has 130 valence electrons. The monoisotopic (exact) mass is 368 g/mol. The number of aromatic amines is 1. The van der Waals surface area contributed by atoms with Crippen molar-refractivity contribution in [1.82, 2.24) is 14.9 Å². The summed E-state index contributed by atoms with van der Waals surface area (Å²) in [5, 5.41) is 3.01. The SMILES string of the molecule is O=C(CCN1C(=O)c2ccccc2C1=O)Nc1ccc2nc(Cl)[nH]c2c1. The minimum Gasteiger partial charge on any atom is -0.329 e. The molecule has 1 aromatic heterocycles. The van der Waals surface area contributed by atoms with Crippen molar-refractivity contribution in [2.24, 2.45) is 0 Å². The van der Waals surface area contributed by atoms with E-state index in [-0.39, 0.29) is 36.0 Å². The van der Waals surface area contributed by atoms with Gasteiger partial charge in [0.05, 0.1) is 22.2 Å². The average Bonchev–Trinajstić information content (AvgIpc) is 3.11. The molecule has 4 rings (SSSR count). The minimum atomic E-state index is -0.369. The number of imide groups is 1. The summed E-state index contributed by atoms with van der Waals surface area (Å²) >= 11 is 5.81. The quantitative estimate of drug-likeness (QED) is 0.692. The summed E-state index contributed by atoms with van der Waals surface area (Å²) in [5.74, 6) is -1.04. The number of H-pyrrole nitrogens is 1. The second kappa shape index (κ2) is 6.27. The minimum absolute atomic E-state index is 0.00718. The summed E-state index contributed by atoms with van der Waals surface area (Å²) in [4.78, 5) is 44.8. The van der Waals surface area contributed by atoms with Crippen molar-refractivity contribution >= 4 is 46.0 Å². The molecule has 0 atom stereocenters. The number of carbonyl (C=O) groups excluding carboxylic acids is 3. The highest BCUT2D eigenvalue weighted by atomic mass is 35.5. The van der Waals surface area contributed by atoms with Gasteiger partial charge in [0.2, 0.25) is 11.2 Å². The molecule has 26 heavy (non-hydrogen) atoms. The molecular weight excluding hydrogens is 356 g/mol. The van der Waals surface area contributed by atoms with E-state index in [0.29, 0.717) is 27.8 Å². The Morgan fingerprint density at radius 3 is 2.50 bits per heavy atom. The molecule has 0 saturated carbocycles. The fraction of sp³-hybridized carbons (Fsp3) is 0.111. The Morgan fingerprint density at radius 2 is 1.81 bits per heavy atom. The number of benzene rings is 2. The highest BCUT2D eigenvalue weighted by Crippen LogP contribution is 2.23. The molecule has 3 amide bonds. The Kier molecular flexibility index (Phi) is 3.93. The van der Waals surface area contributed by atoms with Crippen LogP contribution in [0.5, 0.6) is 0 Å². The fourth-order valence-corrected chi connectivity index (χ4v) is 3.13. The van der Waals surface area contributed by atoms with Crippen LogP contribution in [0.15, 0.2) is 42.5 Å². The number of hydrogen-bond acceptors (Lipinski definition) is 4. The number of hydrogen-bond donors (Lipinski definition) is 2. The zero-order valence-electron chi connectivity index (χ0n) is 13.5. The largest absolute Gasteiger partial charge is 0.329 e. The van der Waals surface area contributed by atoms with E-state index in [9.17, 15) is 14.4 Å². The van der Waals surface area contributed by atoms with Gasteiger partial charge in [0.15, 0.2) is 0 Å². The summed E-state index contributed by atoms with van der Waals surface area (Å²) < 4.78 is 0. The molecule has 0 spiro atoms. The lowest BCUT2D eigenvalue weighted by Crippen LogP contribution is -2.32. The number of halogens is 1. The number of carbonyl (C=O) groups is 3. The van der Waals surface area contributed by atoms with Crippen LogP contribution in [0.4, 0.5) is 5.69 Å². The normalized spacial score (nSPS) is 13.3. The van der Waals surface area contributed by atoms with Crippen LogP contribution < -0.4 is 5.32 Å². The molecule has 1 aliphatic rings. The molecule has 0 radical (unpaired) electrons. The lowest BCUT2D eigenvalue weighted by Gasteiger charge is -2.13. The Hall–Kier alpha value is -3.19.